The van der Waals surface area contributed by atoms with Gasteiger partial charge >= 0.3 is 12.1 Å². The third-order valence-electron chi connectivity index (χ3n) is 2.84. The van der Waals surface area contributed by atoms with Gasteiger partial charge < -0.3 is 5.11 Å². The van der Waals surface area contributed by atoms with E-state index in [1.54, 1.807) is 30.3 Å². The highest BCUT2D eigenvalue weighted by Crippen LogP contribution is 2.20. The minimum Gasteiger partial charge on any atom is -0.480 e. The molecule has 0 radical (unpaired) electrons. The van der Waals surface area contributed by atoms with Gasteiger partial charge in [-0.2, -0.15) is 13.2 Å². The number of aliphatic carboxylic acids is 1. The smallest absolute Gasteiger partial charge is 0.390 e. The Morgan fingerprint density at radius 1 is 1.23 bits per heavy atom. The fourth-order valence-electron chi connectivity index (χ4n) is 1.71. The second-order valence-corrected chi connectivity index (χ2v) is 6.59. The molecule has 0 fully saturated rings. The van der Waals surface area contributed by atoms with Crippen LogP contribution in [0.2, 0.25) is 0 Å². The molecule has 22 heavy (non-hydrogen) atoms. The highest BCUT2D eigenvalue weighted by Gasteiger charge is 2.31. The van der Waals surface area contributed by atoms with E-state index in [0.717, 1.165) is 5.56 Å². The van der Waals surface area contributed by atoms with Crippen molar-refractivity contribution >= 4 is 16.0 Å². The van der Waals surface area contributed by atoms with Crippen LogP contribution in [-0.2, 0) is 21.2 Å². The Morgan fingerprint density at radius 2 is 1.82 bits per heavy atom. The molecule has 1 aromatic carbocycles. The maximum absolute atomic E-state index is 12.0. The van der Waals surface area contributed by atoms with Gasteiger partial charge in [0.15, 0.2) is 0 Å². The Labute approximate surface area is 126 Å². The molecule has 0 saturated carbocycles. The normalized spacial score (nSPS) is 13.8. The zero-order valence-electron chi connectivity index (χ0n) is 11.5. The number of hydrogen-bond acceptors (Lipinski definition) is 3. The predicted molar refractivity (Wildman–Crippen MR) is 73.8 cm³/mol. The molecule has 124 valence electrons. The van der Waals surface area contributed by atoms with Crippen LogP contribution in [0, 0.1) is 0 Å². The molecule has 0 saturated heterocycles. The van der Waals surface area contributed by atoms with Gasteiger partial charge in [0.1, 0.15) is 6.04 Å². The van der Waals surface area contributed by atoms with Gasteiger partial charge in [-0.25, -0.2) is 13.1 Å². The maximum atomic E-state index is 12.0. The van der Waals surface area contributed by atoms with Crippen molar-refractivity contribution in [2.75, 3.05) is 5.75 Å². The zero-order valence-corrected chi connectivity index (χ0v) is 12.3. The first-order chi connectivity index (χ1) is 10.1. The molecular weight excluding hydrogens is 323 g/mol. The van der Waals surface area contributed by atoms with E-state index >= 15 is 0 Å². The number of hydrogen-bond donors (Lipinski definition) is 2. The molecule has 0 bridgehead atoms. The van der Waals surface area contributed by atoms with Crippen molar-refractivity contribution in [2.24, 2.45) is 0 Å². The van der Waals surface area contributed by atoms with Crippen LogP contribution in [0.15, 0.2) is 30.3 Å². The van der Waals surface area contributed by atoms with E-state index in [4.69, 9.17) is 5.11 Å². The minimum atomic E-state index is -4.61. The van der Waals surface area contributed by atoms with Gasteiger partial charge in [-0.1, -0.05) is 30.3 Å². The molecular formula is C13H16F3NO4S. The quantitative estimate of drug-likeness (QED) is 0.758. The average molecular weight is 339 g/mol. The van der Waals surface area contributed by atoms with E-state index < -0.39 is 40.4 Å². The molecule has 0 aliphatic heterocycles. The number of halogens is 3. The lowest BCUT2D eigenvalue weighted by atomic mass is 10.1. The lowest BCUT2D eigenvalue weighted by molar-refractivity contribution is -0.139. The summed E-state index contributed by atoms with van der Waals surface area (Å²) in [4.78, 5) is 11.1. The number of alkyl halides is 3. The Hall–Kier alpha value is -1.61. The van der Waals surface area contributed by atoms with Crippen molar-refractivity contribution in [3.8, 4) is 0 Å². The SMILES string of the molecule is O=C(O)[C@H](CCc1ccccc1)NS(=O)(=O)CCC(F)(F)F. The summed E-state index contributed by atoms with van der Waals surface area (Å²) < 4.78 is 61.0. The summed E-state index contributed by atoms with van der Waals surface area (Å²) in [6, 6.07) is 7.31. The van der Waals surface area contributed by atoms with Crippen LogP contribution in [0.5, 0.6) is 0 Å². The van der Waals surface area contributed by atoms with Gasteiger partial charge in [-0.15, -0.1) is 0 Å². The fraction of sp³-hybridized carbons (Fsp3) is 0.462. The standard InChI is InChI=1S/C13H16F3NO4S/c14-13(15,16)8-9-22(20,21)17-11(12(18)19)7-6-10-4-2-1-3-5-10/h1-5,11,17H,6-9H2,(H,18,19)/t11-/m0/s1. The van der Waals surface area contributed by atoms with Crippen LogP contribution in [0.3, 0.4) is 0 Å². The van der Waals surface area contributed by atoms with Gasteiger partial charge in [0.05, 0.1) is 12.2 Å². The molecule has 0 heterocycles. The van der Waals surface area contributed by atoms with Gasteiger partial charge in [0.2, 0.25) is 10.0 Å². The first-order valence-corrected chi connectivity index (χ1v) is 8.08. The lowest BCUT2D eigenvalue weighted by Gasteiger charge is -2.15. The molecule has 1 aromatic rings. The van der Waals surface area contributed by atoms with Gasteiger partial charge in [0, 0.05) is 0 Å². The summed E-state index contributed by atoms with van der Waals surface area (Å²) in [6.45, 7) is 0. The Kier molecular flexibility index (Phi) is 6.36. The minimum absolute atomic E-state index is 0.0510. The van der Waals surface area contributed by atoms with E-state index in [1.807, 2.05) is 4.72 Å². The number of carbonyl (C=O) groups is 1. The maximum Gasteiger partial charge on any atom is 0.390 e. The van der Waals surface area contributed by atoms with Gasteiger partial charge in [-0.05, 0) is 18.4 Å². The van der Waals surface area contributed by atoms with E-state index in [9.17, 15) is 26.4 Å². The summed E-state index contributed by atoms with van der Waals surface area (Å²) in [6.07, 6.45) is -5.89. The largest absolute Gasteiger partial charge is 0.480 e. The lowest BCUT2D eigenvalue weighted by Crippen LogP contribution is -2.42. The highest BCUT2D eigenvalue weighted by atomic mass is 32.2. The number of rotatable bonds is 8. The summed E-state index contributed by atoms with van der Waals surface area (Å²) >= 11 is 0. The zero-order chi connectivity index (χ0) is 16.8. The molecule has 0 aromatic heterocycles. The van der Waals surface area contributed by atoms with Crippen LogP contribution >= 0.6 is 0 Å². The Balaban J connectivity index is 2.62. The van der Waals surface area contributed by atoms with Gasteiger partial charge in [0.25, 0.3) is 0 Å². The Morgan fingerprint density at radius 3 is 2.32 bits per heavy atom. The molecule has 9 heteroatoms. The summed E-state index contributed by atoms with van der Waals surface area (Å²) in [7, 11) is -4.31. The molecule has 1 rings (SSSR count). The monoisotopic (exact) mass is 339 g/mol. The molecule has 0 amide bonds. The van der Waals surface area contributed by atoms with Crippen LogP contribution in [-0.4, -0.2) is 37.5 Å². The third-order valence-corrected chi connectivity index (χ3v) is 4.22. The highest BCUT2D eigenvalue weighted by molar-refractivity contribution is 7.89. The second-order valence-electron chi connectivity index (χ2n) is 4.72. The van der Waals surface area contributed by atoms with Crippen molar-refractivity contribution in [3.63, 3.8) is 0 Å². The number of benzene rings is 1. The van der Waals surface area contributed by atoms with E-state index in [0.29, 0.717) is 6.42 Å². The van der Waals surface area contributed by atoms with E-state index in [2.05, 4.69) is 0 Å². The molecule has 2 N–H and O–H groups in total. The van der Waals surface area contributed by atoms with Gasteiger partial charge in [-0.3, -0.25) is 4.79 Å². The molecule has 1 atom stereocenters. The molecule has 0 aliphatic carbocycles. The second kappa shape index (κ2) is 7.59. The van der Waals surface area contributed by atoms with Crippen molar-refractivity contribution in [2.45, 2.75) is 31.5 Å². The van der Waals surface area contributed by atoms with Crippen molar-refractivity contribution in [1.29, 1.82) is 0 Å². The van der Waals surface area contributed by atoms with Crippen LogP contribution in [0.25, 0.3) is 0 Å². The van der Waals surface area contributed by atoms with Crippen molar-refractivity contribution in [1.82, 2.24) is 4.72 Å². The topological polar surface area (TPSA) is 83.5 Å². The van der Waals surface area contributed by atoms with E-state index in [-0.39, 0.29) is 6.42 Å². The number of carboxylic acids is 1. The molecule has 0 aliphatic rings. The number of aryl methyl sites for hydroxylation is 1. The molecule has 5 nitrogen and oxygen atoms in total. The molecule has 0 spiro atoms. The number of nitrogens with one attached hydrogen (secondary N) is 1. The first-order valence-electron chi connectivity index (χ1n) is 6.42. The van der Waals surface area contributed by atoms with Crippen LogP contribution in [0.1, 0.15) is 18.4 Å². The predicted octanol–water partition coefficient (Wildman–Crippen LogP) is 1.94. The summed E-state index contributed by atoms with van der Waals surface area (Å²) in [5.74, 6) is -2.61. The van der Waals surface area contributed by atoms with Crippen LogP contribution < -0.4 is 4.72 Å². The summed E-state index contributed by atoms with van der Waals surface area (Å²) in [5.41, 5.74) is 0.809. The van der Waals surface area contributed by atoms with Crippen LogP contribution in [0.4, 0.5) is 13.2 Å². The fourth-order valence-corrected chi connectivity index (χ4v) is 2.98. The average Bonchev–Trinajstić information content (AvgIpc) is 2.41. The van der Waals surface area contributed by atoms with Crippen molar-refractivity contribution in [3.05, 3.63) is 35.9 Å². The first kappa shape index (κ1) is 18.4. The summed E-state index contributed by atoms with van der Waals surface area (Å²) in [5, 5.41) is 8.99. The number of carboxylic acid groups (broad SMARTS) is 1. The molecule has 0 unspecified atom stereocenters. The third kappa shape index (κ3) is 7.41. The number of sulfonamides is 1. The Bertz CT molecular complexity index is 587. The van der Waals surface area contributed by atoms with E-state index in [1.165, 1.54) is 0 Å². The van der Waals surface area contributed by atoms with Crippen molar-refractivity contribution < 1.29 is 31.5 Å².